The van der Waals surface area contributed by atoms with E-state index in [1.165, 1.54) is 19.4 Å². The number of hydrogen-bond donors (Lipinski definition) is 2. The number of pyridine rings is 1. The van der Waals surface area contributed by atoms with Crippen molar-refractivity contribution in [1.29, 1.82) is 0 Å². The largest absolute Gasteiger partial charge is 0.465 e. The highest BCUT2D eigenvalue weighted by molar-refractivity contribution is 6.03. The Hall–Kier alpha value is -2.90. The summed E-state index contributed by atoms with van der Waals surface area (Å²) in [5, 5.41) is 6.95. The summed E-state index contributed by atoms with van der Waals surface area (Å²) >= 11 is 0. The third-order valence-electron chi connectivity index (χ3n) is 3.91. The van der Waals surface area contributed by atoms with Crippen LogP contribution in [-0.2, 0) is 11.3 Å². The van der Waals surface area contributed by atoms with Crippen molar-refractivity contribution in [3.63, 3.8) is 0 Å². The highest BCUT2D eigenvalue weighted by Crippen LogP contribution is 2.40. The quantitative estimate of drug-likeness (QED) is 0.808. The van der Waals surface area contributed by atoms with Crippen LogP contribution in [0.4, 0.5) is 5.69 Å². The lowest BCUT2D eigenvalue weighted by molar-refractivity contribution is 0.0598. The fourth-order valence-corrected chi connectivity index (χ4v) is 2.52. The molecule has 1 saturated carbocycles. The zero-order valence-corrected chi connectivity index (χ0v) is 13.5. The lowest BCUT2D eigenvalue weighted by atomic mass is 10.2. The molecule has 126 valence electrons. The van der Waals surface area contributed by atoms with Crippen molar-refractivity contribution in [1.82, 2.24) is 14.8 Å². The molecule has 1 fully saturated rings. The molecule has 0 radical (unpaired) electrons. The Bertz CT molecular complexity index is 848. The molecule has 0 bridgehead atoms. The van der Waals surface area contributed by atoms with Crippen molar-refractivity contribution in [2.24, 2.45) is 0 Å². The van der Waals surface area contributed by atoms with Gasteiger partial charge in [-0.15, -0.1) is 0 Å². The van der Waals surface area contributed by atoms with Gasteiger partial charge < -0.3 is 15.0 Å². The van der Waals surface area contributed by atoms with Gasteiger partial charge >= 0.3 is 5.97 Å². The van der Waals surface area contributed by atoms with E-state index in [9.17, 15) is 14.4 Å². The molecule has 8 heteroatoms. The molecule has 2 N–H and O–H groups in total. The number of H-pyrrole nitrogens is 1. The predicted molar refractivity (Wildman–Crippen MR) is 86.2 cm³/mol. The van der Waals surface area contributed by atoms with Crippen LogP contribution >= 0.6 is 0 Å². The molecule has 8 nitrogen and oxygen atoms in total. The first kappa shape index (κ1) is 16.0. The standard InChI is InChI=1S/C16H18N4O4/c1-3-20-13(9-4-5-9)7-12(19-20)15(22)18-10-6-11(16(23)24-2)14(21)17-8-10/h6-9H,3-5H2,1-2H3,(H,17,21)(H,18,22). The van der Waals surface area contributed by atoms with Gasteiger partial charge in [-0.25, -0.2) is 4.79 Å². The van der Waals surface area contributed by atoms with Gasteiger partial charge in [0.25, 0.3) is 11.5 Å². The highest BCUT2D eigenvalue weighted by atomic mass is 16.5. The molecular formula is C16H18N4O4. The number of rotatable bonds is 5. The zero-order chi connectivity index (χ0) is 17.3. The van der Waals surface area contributed by atoms with E-state index >= 15 is 0 Å². The van der Waals surface area contributed by atoms with Crippen LogP contribution in [-0.4, -0.2) is 33.8 Å². The minimum atomic E-state index is -0.765. The molecule has 0 spiro atoms. The van der Waals surface area contributed by atoms with E-state index in [2.05, 4.69) is 20.1 Å². The number of esters is 1. The number of nitrogens with zero attached hydrogens (tertiary/aromatic N) is 2. The van der Waals surface area contributed by atoms with Crippen molar-refractivity contribution in [3.8, 4) is 0 Å². The predicted octanol–water partition coefficient (Wildman–Crippen LogP) is 1.51. The van der Waals surface area contributed by atoms with E-state index in [0.717, 1.165) is 18.5 Å². The Morgan fingerprint density at radius 3 is 2.79 bits per heavy atom. The van der Waals surface area contributed by atoms with Gasteiger partial charge in [0.2, 0.25) is 0 Å². The van der Waals surface area contributed by atoms with Crippen molar-refractivity contribution in [2.75, 3.05) is 12.4 Å². The summed E-state index contributed by atoms with van der Waals surface area (Å²) in [5.41, 5.74) is 0.919. The number of aromatic nitrogens is 3. The van der Waals surface area contributed by atoms with E-state index in [0.29, 0.717) is 23.8 Å². The monoisotopic (exact) mass is 330 g/mol. The van der Waals surface area contributed by atoms with Crippen LogP contribution in [0.5, 0.6) is 0 Å². The summed E-state index contributed by atoms with van der Waals surface area (Å²) in [4.78, 5) is 37.9. The summed E-state index contributed by atoms with van der Waals surface area (Å²) in [6.45, 7) is 2.68. The molecule has 1 amide bonds. The Morgan fingerprint density at radius 1 is 1.42 bits per heavy atom. The van der Waals surface area contributed by atoms with Crippen LogP contribution in [0.15, 0.2) is 23.1 Å². The maximum atomic E-state index is 12.4. The number of carbonyl (C=O) groups excluding carboxylic acids is 2. The van der Waals surface area contributed by atoms with Gasteiger partial charge in [-0.1, -0.05) is 0 Å². The number of aromatic amines is 1. The zero-order valence-electron chi connectivity index (χ0n) is 13.5. The molecule has 0 saturated heterocycles. The van der Waals surface area contributed by atoms with Crippen molar-refractivity contribution >= 4 is 17.6 Å². The minimum absolute atomic E-state index is 0.173. The topological polar surface area (TPSA) is 106 Å². The van der Waals surface area contributed by atoms with Crippen molar-refractivity contribution in [2.45, 2.75) is 32.2 Å². The summed E-state index contributed by atoms with van der Waals surface area (Å²) < 4.78 is 6.37. The molecule has 3 rings (SSSR count). The number of aryl methyl sites for hydroxylation is 1. The first-order valence-electron chi connectivity index (χ1n) is 7.73. The smallest absolute Gasteiger partial charge is 0.343 e. The number of ether oxygens (including phenoxy) is 1. The van der Waals surface area contributed by atoms with Crippen LogP contribution in [0, 0.1) is 0 Å². The Morgan fingerprint density at radius 2 is 2.17 bits per heavy atom. The third-order valence-corrected chi connectivity index (χ3v) is 3.91. The van der Waals surface area contributed by atoms with Crippen LogP contribution in [0.3, 0.4) is 0 Å². The van der Waals surface area contributed by atoms with E-state index in [1.54, 1.807) is 6.07 Å². The molecule has 2 aromatic heterocycles. The van der Waals surface area contributed by atoms with Crippen LogP contribution in [0.25, 0.3) is 0 Å². The molecule has 0 unspecified atom stereocenters. The molecule has 1 aliphatic carbocycles. The first-order valence-corrected chi connectivity index (χ1v) is 7.73. The number of hydrogen-bond acceptors (Lipinski definition) is 5. The highest BCUT2D eigenvalue weighted by Gasteiger charge is 2.29. The average molecular weight is 330 g/mol. The average Bonchev–Trinajstić information content (AvgIpc) is 3.34. The van der Waals surface area contributed by atoms with Gasteiger partial charge in [0.15, 0.2) is 5.69 Å². The fraction of sp³-hybridized carbons (Fsp3) is 0.375. The van der Waals surface area contributed by atoms with Gasteiger partial charge in [-0.2, -0.15) is 5.10 Å². The number of nitrogens with one attached hydrogen (secondary N) is 2. The molecular weight excluding hydrogens is 312 g/mol. The minimum Gasteiger partial charge on any atom is -0.465 e. The van der Waals surface area contributed by atoms with Gasteiger partial charge in [-0.05, 0) is 31.9 Å². The van der Waals surface area contributed by atoms with E-state index in [1.807, 2.05) is 11.6 Å². The summed E-state index contributed by atoms with van der Waals surface area (Å²) in [5.74, 6) is -0.677. The van der Waals surface area contributed by atoms with Crippen LogP contribution in [0.2, 0.25) is 0 Å². The molecule has 2 heterocycles. The molecule has 0 atom stereocenters. The number of methoxy groups -OCH3 is 1. The van der Waals surface area contributed by atoms with Gasteiger partial charge in [0.05, 0.1) is 12.8 Å². The Labute approximate surface area is 137 Å². The lowest BCUT2D eigenvalue weighted by Gasteiger charge is -2.04. The molecule has 0 aromatic carbocycles. The van der Waals surface area contributed by atoms with Gasteiger partial charge in [-0.3, -0.25) is 14.3 Å². The number of anilines is 1. The van der Waals surface area contributed by atoms with Crippen LogP contribution < -0.4 is 10.9 Å². The first-order chi connectivity index (χ1) is 11.5. The second-order valence-corrected chi connectivity index (χ2v) is 5.62. The molecule has 24 heavy (non-hydrogen) atoms. The fourth-order valence-electron chi connectivity index (χ4n) is 2.52. The lowest BCUT2D eigenvalue weighted by Crippen LogP contribution is -2.20. The van der Waals surface area contributed by atoms with E-state index in [4.69, 9.17) is 0 Å². The maximum absolute atomic E-state index is 12.4. The molecule has 2 aromatic rings. The molecule has 1 aliphatic rings. The second-order valence-electron chi connectivity index (χ2n) is 5.62. The van der Waals surface area contributed by atoms with Crippen molar-refractivity contribution < 1.29 is 14.3 Å². The normalized spacial score (nSPS) is 13.6. The third kappa shape index (κ3) is 3.08. The Kier molecular flexibility index (Phi) is 4.20. The van der Waals surface area contributed by atoms with Gasteiger partial charge in [0.1, 0.15) is 5.56 Å². The summed E-state index contributed by atoms with van der Waals surface area (Å²) in [6, 6.07) is 3.07. The Balaban J connectivity index is 1.82. The van der Waals surface area contributed by atoms with E-state index < -0.39 is 17.4 Å². The van der Waals surface area contributed by atoms with Gasteiger partial charge in [0, 0.05) is 24.4 Å². The number of amides is 1. The van der Waals surface area contributed by atoms with Crippen molar-refractivity contribution in [3.05, 3.63) is 45.6 Å². The van der Waals surface area contributed by atoms with Crippen LogP contribution in [0.1, 0.15) is 52.2 Å². The maximum Gasteiger partial charge on any atom is 0.343 e. The number of carbonyl (C=O) groups is 2. The van der Waals surface area contributed by atoms with E-state index in [-0.39, 0.29) is 5.56 Å². The SMILES string of the molecule is CCn1nc(C(=O)Nc2c[nH]c(=O)c(C(=O)OC)c2)cc1C1CC1. The molecule has 0 aliphatic heterocycles. The second kappa shape index (κ2) is 6.31. The summed E-state index contributed by atoms with van der Waals surface area (Å²) in [7, 11) is 1.18. The summed E-state index contributed by atoms with van der Waals surface area (Å²) in [6.07, 6.45) is 3.57.